The second-order valence-corrected chi connectivity index (χ2v) is 6.58. The molecule has 1 aliphatic rings. The molecule has 0 spiro atoms. The SMILES string of the molecule is CCC1CCCC(Cc2ccccc2Br)(C(=O)O)C1. The molecule has 104 valence electrons. The van der Waals surface area contributed by atoms with E-state index >= 15 is 0 Å². The number of carboxylic acids is 1. The molecular formula is C16H21BrO2. The fraction of sp³-hybridized carbons (Fsp3) is 0.562. The van der Waals surface area contributed by atoms with Gasteiger partial charge in [0.05, 0.1) is 5.41 Å². The van der Waals surface area contributed by atoms with Crippen LogP contribution in [-0.2, 0) is 11.2 Å². The molecule has 2 rings (SSSR count). The Balaban J connectivity index is 2.25. The molecular weight excluding hydrogens is 304 g/mol. The van der Waals surface area contributed by atoms with Gasteiger partial charge >= 0.3 is 5.97 Å². The maximum atomic E-state index is 11.8. The van der Waals surface area contributed by atoms with E-state index in [9.17, 15) is 9.90 Å². The summed E-state index contributed by atoms with van der Waals surface area (Å²) < 4.78 is 1.02. The number of halogens is 1. The summed E-state index contributed by atoms with van der Waals surface area (Å²) in [6.45, 7) is 2.17. The van der Waals surface area contributed by atoms with Crippen LogP contribution < -0.4 is 0 Å². The van der Waals surface area contributed by atoms with Gasteiger partial charge in [0.2, 0.25) is 0 Å². The molecule has 1 saturated carbocycles. The maximum absolute atomic E-state index is 11.8. The van der Waals surface area contributed by atoms with Crippen LogP contribution in [0.2, 0.25) is 0 Å². The predicted octanol–water partition coefficient (Wildman–Crippen LogP) is 4.66. The van der Waals surface area contributed by atoms with E-state index < -0.39 is 11.4 Å². The van der Waals surface area contributed by atoms with Gasteiger partial charge in [0, 0.05) is 4.47 Å². The molecule has 1 aliphatic carbocycles. The standard InChI is InChI=1S/C16H21BrO2/c1-2-12-6-5-9-16(10-12,15(18)19)11-13-7-3-4-8-14(13)17/h3-4,7-8,12H,2,5-6,9-11H2,1H3,(H,18,19). The summed E-state index contributed by atoms with van der Waals surface area (Å²) in [5.74, 6) is -0.0614. The first kappa shape index (κ1) is 14.6. The van der Waals surface area contributed by atoms with Gasteiger partial charge in [0.25, 0.3) is 0 Å². The Morgan fingerprint density at radius 1 is 1.47 bits per heavy atom. The Bertz CT molecular complexity index is 458. The molecule has 2 unspecified atom stereocenters. The van der Waals surface area contributed by atoms with Gasteiger partial charge in [-0.25, -0.2) is 0 Å². The normalized spacial score (nSPS) is 27.2. The number of benzene rings is 1. The Kier molecular flexibility index (Phi) is 4.67. The van der Waals surface area contributed by atoms with Crippen molar-refractivity contribution in [3.05, 3.63) is 34.3 Å². The third-order valence-electron chi connectivity index (χ3n) is 4.46. The van der Waals surface area contributed by atoms with E-state index in [0.29, 0.717) is 12.3 Å². The van der Waals surface area contributed by atoms with Crippen molar-refractivity contribution in [2.24, 2.45) is 11.3 Å². The lowest BCUT2D eigenvalue weighted by atomic mass is 9.66. The lowest BCUT2D eigenvalue weighted by Gasteiger charge is -2.37. The van der Waals surface area contributed by atoms with Crippen molar-refractivity contribution in [1.82, 2.24) is 0 Å². The minimum absolute atomic E-state index is 0.562. The van der Waals surface area contributed by atoms with Crippen LogP contribution in [0.5, 0.6) is 0 Å². The molecule has 1 N–H and O–H groups in total. The average Bonchev–Trinajstić information content (AvgIpc) is 2.41. The van der Waals surface area contributed by atoms with Crippen molar-refractivity contribution >= 4 is 21.9 Å². The zero-order valence-corrected chi connectivity index (χ0v) is 12.9. The van der Waals surface area contributed by atoms with Gasteiger partial charge in [-0.1, -0.05) is 60.3 Å². The molecule has 19 heavy (non-hydrogen) atoms. The van der Waals surface area contributed by atoms with E-state index in [2.05, 4.69) is 22.9 Å². The number of carboxylic acid groups (broad SMARTS) is 1. The van der Waals surface area contributed by atoms with Gasteiger partial charge in [-0.15, -0.1) is 0 Å². The summed E-state index contributed by atoms with van der Waals surface area (Å²) in [7, 11) is 0. The van der Waals surface area contributed by atoms with Gasteiger partial charge in [-0.3, -0.25) is 4.79 Å². The highest BCUT2D eigenvalue weighted by atomic mass is 79.9. The molecule has 1 aromatic rings. The van der Waals surface area contributed by atoms with Crippen LogP contribution in [0.4, 0.5) is 0 Å². The zero-order valence-electron chi connectivity index (χ0n) is 11.4. The number of hydrogen-bond donors (Lipinski definition) is 1. The van der Waals surface area contributed by atoms with Crippen LogP contribution in [0.25, 0.3) is 0 Å². The summed E-state index contributed by atoms with van der Waals surface area (Å²) >= 11 is 3.54. The fourth-order valence-electron chi connectivity index (χ4n) is 3.27. The summed E-state index contributed by atoms with van der Waals surface area (Å²) in [4.78, 5) is 11.8. The van der Waals surface area contributed by atoms with Crippen molar-refractivity contribution in [3.8, 4) is 0 Å². The molecule has 1 aromatic carbocycles. The molecule has 0 saturated heterocycles. The van der Waals surface area contributed by atoms with Crippen molar-refractivity contribution < 1.29 is 9.90 Å². The second-order valence-electron chi connectivity index (χ2n) is 5.72. The Morgan fingerprint density at radius 2 is 2.21 bits per heavy atom. The van der Waals surface area contributed by atoms with Crippen LogP contribution in [0, 0.1) is 11.3 Å². The van der Waals surface area contributed by atoms with E-state index in [0.717, 1.165) is 35.7 Å². The first-order valence-electron chi connectivity index (χ1n) is 7.04. The minimum atomic E-state index is -0.624. The average molecular weight is 325 g/mol. The van der Waals surface area contributed by atoms with Crippen LogP contribution in [-0.4, -0.2) is 11.1 Å². The van der Waals surface area contributed by atoms with Gasteiger partial charge in [-0.2, -0.15) is 0 Å². The van der Waals surface area contributed by atoms with Crippen molar-refractivity contribution in [3.63, 3.8) is 0 Å². The highest BCUT2D eigenvalue weighted by Crippen LogP contribution is 2.44. The summed E-state index contributed by atoms with van der Waals surface area (Å²) in [5.41, 5.74) is 0.546. The smallest absolute Gasteiger partial charge is 0.309 e. The maximum Gasteiger partial charge on any atom is 0.309 e. The largest absolute Gasteiger partial charge is 0.481 e. The first-order chi connectivity index (χ1) is 9.07. The number of hydrogen-bond acceptors (Lipinski definition) is 1. The zero-order chi connectivity index (χ0) is 13.9. The third-order valence-corrected chi connectivity index (χ3v) is 5.24. The predicted molar refractivity (Wildman–Crippen MR) is 80.2 cm³/mol. The van der Waals surface area contributed by atoms with Gasteiger partial charge < -0.3 is 5.11 Å². The summed E-state index contributed by atoms with van der Waals surface area (Å²) in [6, 6.07) is 7.97. The molecule has 3 heteroatoms. The van der Waals surface area contributed by atoms with Crippen molar-refractivity contribution in [2.75, 3.05) is 0 Å². The number of carbonyl (C=O) groups is 1. The molecule has 2 nitrogen and oxygen atoms in total. The molecule has 0 heterocycles. The van der Waals surface area contributed by atoms with Crippen LogP contribution in [0.15, 0.2) is 28.7 Å². The molecule has 0 radical (unpaired) electrons. The molecule has 2 atom stereocenters. The van der Waals surface area contributed by atoms with E-state index in [1.54, 1.807) is 0 Å². The molecule has 0 amide bonds. The highest BCUT2D eigenvalue weighted by Gasteiger charge is 2.42. The van der Waals surface area contributed by atoms with E-state index in [4.69, 9.17) is 0 Å². The Labute approximate surface area is 123 Å². The van der Waals surface area contributed by atoms with Gasteiger partial charge in [0.15, 0.2) is 0 Å². The fourth-order valence-corrected chi connectivity index (χ4v) is 3.70. The highest BCUT2D eigenvalue weighted by molar-refractivity contribution is 9.10. The van der Waals surface area contributed by atoms with Gasteiger partial charge in [-0.05, 0) is 36.8 Å². The summed E-state index contributed by atoms with van der Waals surface area (Å²) in [6.07, 6.45) is 5.57. The first-order valence-corrected chi connectivity index (χ1v) is 7.83. The Morgan fingerprint density at radius 3 is 2.84 bits per heavy atom. The number of aliphatic carboxylic acids is 1. The molecule has 0 bridgehead atoms. The quantitative estimate of drug-likeness (QED) is 0.874. The Hall–Kier alpha value is -0.830. The van der Waals surface area contributed by atoms with Crippen LogP contribution >= 0.6 is 15.9 Å². The summed E-state index contributed by atoms with van der Waals surface area (Å²) in [5, 5.41) is 9.74. The monoisotopic (exact) mass is 324 g/mol. The van der Waals surface area contributed by atoms with Gasteiger partial charge in [0.1, 0.15) is 0 Å². The van der Waals surface area contributed by atoms with E-state index in [1.807, 2.05) is 24.3 Å². The topological polar surface area (TPSA) is 37.3 Å². The lowest BCUT2D eigenvalue weighted by molar-refractivity contribution is -0.152. The molecule has 0 aliphatic heterocycles. The number of rotatable bonds is 4. The van der Waals surface area contributed by atoms with Crippen molar-refractivity contribution in [1.29, 1.82) is 0 Å². The van der Waals surface area contributed by atoms with Crippen LogP contribution in [0.1, 0.15) is 44.6 Å². The third kappa shape index (κ3) is 3.19. The van der Waals surface area contributed by atoms with E-state index in [-0.39, 0.29) is 0 Å². The molecule has 0 aromatic heterocycles. The lowest BCUT2D eigenvalue weighted by Crippen LogP contribution is -2.38. The second kappa shape index (κ2) is 6.08. The van der Waals surface area contributed by atoms with Crippen LogP contribution in [0.3, 0.4) is 0 Å². The molecule has 1 fully saturated rings. The van der Waals surface area contributed by atoms with Crippen molar-refractivity contribution in [2.45, 2.75) is 45.4 Å². The van der Waals surface area contributed by atoms with E-state index in [1.165, 1.54) is 6.42 Å². The minimum Gasteiger partial charge on any atom is -0.481 e.